The predicted octanol–water partition coefficient (Wildman–Crippen LogP) is 3.51. The highest BCUT2D eigenvalue weighted by Gasteiger charge is 2.33. The first kappa shape index (κ1) is 14.1. The molecular formula is C15H24N2O2. The van der Waals surface area contributed by atoms with E-state index in [0.29, 0.717) is 29.1 Å². The third-order valence-electron chi connectivity index (χ3n) is 4.06. The lowest BCUT2D eigenvalue weighted by atomic mass is 9.95. The minimum atomic E-state index is 0.0853. The first-order chi connectivity index (χ1) is 8.93. The van der Waals surface area contributed by atoms with Gasteiger partial charge in [0.15, 0.2) is 5.76 Å². The molecule has 0 radical (unpaired) electrons. The number of hydrogen-bond donors (Lipinski definition) is 0. The monoisotopic (exact) mass is 264 g/mol. The van der Waals surface area contributed by atoms with E-state index in [1.807, 2.05) is 25.7 Å². The van der Waals surface area contributed by atoms with Gasteiger partial charge in [0.2, 0.25) is 0 Å². The van der Waals surface area contributed by atoms with E-state index in [0.717, 1.165) is 12.8 Å². The summed E-state index contributed by atoms with van der Waals surface area (Å²) in [4.78, 5) is 14.9. The number of aromatic nitrogens is 1. The summed E-state index contributed by atoms with van der Waals surface area (Å²) in [5.41, 5.74) is 1.38. The molecule has 1 fully saturated rings. The van der Waals surface area contributed by atoms with Crippen molar-refractivity contribution in [3.05, 3.63) is 17.0 Å². The number of amides is 1. The van der Waals surface area contributed by atoms with Crippen LogP contribution in [0.15, 0.2) is 4.52 Å². The van der Waals surface area contributed by atoms with Crippen LogP contribution in [0.5, 0.6) is 0 Å². The first-order valence-corrected chi connectivity index (χ1v) is 7.22. The summed E-state index contributed by atoms with van der Waals surface area (Å²) in [6.07, 6.45) is 3.36. The van der Waals surface area contributed by atoms with Crippen LogP contribution in [0.25, 0.3) is 0 Å². The van der Waals surface area contributed by atoms with Crippen LogP contribution in [0.4, 0.5) is 0 Å². The molecule has 4 nitrogen and oxygen atoms in total. The molecule has 0 aromatic carbocycles. The number of nitrogens with zero attached hydrogens (tertiary/aromatic N) is 2. The van der Waals surface area contributed by atoms with Gasteiger partial charge in [0.05, 0.1) is 5.69 Å². The number of rotatable bonds is 2. The summed E-state index contributed by atoms with van der Waals surface area (Å²) in [7, 11) is 0. The molecule has 4 heteroatoms. The molecule has 1 aromatic rings. The third-order valence-corrected chi connectivity index (χ3v) is 4.06. The van der Waals surface area contributed by atoms with Gasteiger partial charge in [-0.2, -0.15) is 0 Å². The lowest BCUT2D eigenvalue weighted by molar-refractivity contribution is 0.0507. The van der Waals surface area contributed by atoms with Crippen LogP contribution < -0.4 is 0 Å². The predicted molar refractivity (Wildman–Crippen MR) is 74.3 cm³/mol. The SMILES string of the molecule is Cc1noc(C(C)C)c1C(=O)N1C(C)CCCC1C. The Kier molecular flexibility index (Phi) is 3.97. The highest BCUT2D eigenvalue weighted by atomic mass is 16.5. The highest BCUT2D eigenvalue weighted by Crippen LogP contribution is 2.29. The van der Waals surface area contributed by atoms with E-state index in [9.17, 15) is 4.79 Å². The lowest BCUT2D eigenvalue weighted by Crippen LogP contribution is -2.47. The Balaban J connectivity index is 2.35. The molecule has 1 aliphatic heterocycles. The molecule has 2 unspecified atom stereocenters. The largest absolute Gasteiger partial charge is 0.360 e. The smallest absolute Gasteiger partial charge is 0.259 e. The zero-order chi connectivity index (χ0) is 14.2. The Morgan fingerprint density at radius 1 is 1.32 bits per heavy atom. The zero-order valence-electron chi connectivity index (χ0n) is 12.6. The molecule has 0 N–H and O–H groups in total. The van der Waals surface area contributed by atoms with Crippen molar-refractivity contribution in [1.29, 1.82) is 0 Å². The Bertz CT molecular complexity index is 455. The van der Waals surface area contributed by atoms with E-state index in [1.54, 1.807) is 0 Å². The molecule has 1 aromatic heterocycles. The van der Waals surface area contributed by atoms with Crippen LogP contribution in [-0.4, -0.2) is 28.0 Å². The minimum absolute atomic E-state index is 0.0853. The second-order valence-corrected chi connectivity index (χ2v) is 6.00. The van der Waals surface area contributed by atoms with Crippen LogP contribution in [0.3, 0.4) is 0 Å². The molecule has 2 rings (SSSR count). The van der Waals surface area contributed by atoms with E-state index in [2.05, 4.69) is 19.0 Å². The van der Waals surface area contributed by atoms with Crippen LogP contribution in [0.2, 0.25) is 0 Å². The summed E-state index contributed by atoms with van der Waals surface area (Å²) >= 11 is 0. The number of hydrogen-bond acceptors (Lipinski definition) is 3. The van der Waals surface area contributed by atoms with Gasteiger partial charge in [-0.1, -0.05) is 19.0 Å². The number of likely N-dealkylation sites (tertiary alicyclic amines) is 1. The van der Waals surface area contributed by atoms with Gasteiger partial charge in [-0.25, -0.2) is 0 Å². The molecule has 0 spiro atoms. The van der Waals surface area contributed by atoms with Crippen molar-refractivity contribution in [2.24, 2.45) is 0 Å². The maximum atomic E-state index is 12.9. The minimum Gasteiger partial charge on any atom is -0.360 e. The average molecular weight is 264 g/mol. The molecule has 0 bridgehead atoms. The van der Waals surface area contributed by atoms with Gasteiger partial charge >= 0.3 is 0 Å². The van der Waals surface area contributed by atoms with E-state index >= 15 is 0 Å². The van der Waals surface area contributed by atoms with E-state index < -0.39 is 0 Å². The van der Waals surface area contributed by atoms with Crippen LogP contribution in [-0.2, 0) is 0 Å². The molecule has 0 saturated carbocycles. The van der Waals surface area contributed by atoms with Crippen LogP contribution in [0, 0.1) is 6.92 Å². The van der Waals surface area contributed by atoms with Gasteiger partial charge < -0.3 is 9.42 Å². The second kappa shape index (κ2) is 5.35. The zero-order valence-corrected chi connectivity index (χ0v) is 12.6. The van der Waals surface area contributed by atoms with Crippen molar-refractivity contribution >= 4 is 5.91 Å². The van der Waals surface area contributed by atoms with Gasteiger partial charge in [-0.15, -0.1) is 0 Å². The molecule has 2 atom stereocenters. The fraction of sp³-hybridized carbons (Fsp3) is 0.733. The summed E-state index contributed by atoms with van der Waals surface area (Å²) in [5, 5.41) is 3.98. The maximum absolute atomic E-state index is 12.9. The Morgan fingerprint density at radius 3 is 2.42 bits per heavy atom. The summed E-state index contributed by atoms with van der Waals surface area (Å²) < 4.78 is 5.34. The Morgan fingerprint density at radius 2 is 1.89 bits per heavy atom. The third kappa shape index (κ3) is 2.53. The maximum Gasteiger partial charge on any atom is 0.259 e. The van der Waals surface area contributed by atoms with E-state index in [-0.39, 0.29) is 11.8 Å². The summed E-state index contributed by atoms with van der Waals surface area (Å²) in [6.45, 7) is 10.2. The van der Waals surface area contributed by atoms with Crippen molar-refractivity contribution in [1.82, 2.24) is 10.1 Å². The summed E-state index contributed by atoms with van der Waals surface area (Å²) in [5.74, 6) is 0.977. The van der Waals surface area contributed by atoms with Gasteiger partial charge in [0.1, 0.15) is 5.56 Å². The molecule has 2 heterocycles. The number of aryl methyl sites for hydroxylation is 1. The fourth-order valence-corrected chi connectivity index (χ4v) is 2.99. The van der Waals surface area contributed by atoms with Crippen LogP contribution in [0.1, 0.15) is 74.7 Å². The van der Waals surface area contributed by atoms with Crippen molar-refractivity contribution in [3.63, 3.8) is 0 Å². The Labute approximate surface area is 115 Å². The van der Waals surface area contributed by atoms with Gasteiger partial charge in [0, 0.05) is 18.0 Å². The van der Waals surface area contributed by atoms with E-state index in [4.69, 9.17) is 4.52 Å². The molecule has 0 aliphatic carbocycles. The van der Waals surface area contributed by atoms with Gasteiger partial charge in [0.25, 0.3) is 5.91 Å². The van der Waals surface area contributed by atoms with Gasteiger partial charge in [-0.3, -0.25) is 4.79 Å². The van der Waals surface area contributed by atoms with E-state index in [1.165, 1.54) is 6.42 Å². The topological polar surface area (TPSA) is 46.3 Å². The second-order valence-electron chi connectivity index (χ2n) is 6.00. The molecule has 19 heavy (non-hydrogen) atoms. The normalized spacial score (nSPS) is 24.0. The molecule has 1 amide bonds. The first-order valence-electron chi connectivity index (χ1n) is 7.22. The van der Waals surface area contributed by atoms with Gasteiger partial charge in [-0.05, 0) is 40.0 Å². The number of carbonyl (C=O) groups excluding carboxylic acids is 1. The molecule has 106 valence electrons. The van der Waals surface area contributed by atoms with Crippen molar-refractivity contribution in [2.75, 3.05) is 0 Å². The molecular weight excluding hydrogens is 240 g/mol. The average Bonchev–Trinajstić information content (AvgIpc) is 2.70. The molecule has 1 aliphatic rings. The quantitative estimate of drug-likeness (QED) is 0.821. The molecule has 1 saturated heterocycles. The highest BCUT2D eigenvalue weighted by molar-refractivity contribution is 5.96. The lowest BCUT2D eigenvalue weighted by Gasteiger charge is -2.39. The van der Waals surface area contributed by atoms with Crippen molar-refractivity contribution in [2.45, 2.75) is 71.9 Å². The standard InChI is InChI=1S/C15H24N2O2/c1-9(2)14-13(12(5)16-19-14)15(18)17-10(3)7-6-8-11(17)4/h9-11H,6-8H2,1-5H3. The van der Waals surface area contributed by atoms with Crippen molar-refractivity contribution in [3.8, 4) is 0 Å². The van der Waals surface area contributed by atoms with Crippen molar-refractivity contribution < 1.29 is 9.32 Å². The number of carbonyl (C=O) groups is 1. The fourth-order valence-electron chi connectivity index (χ4n) is 2.99. The number of piperidine rings is 1. The summed E-state index contributed by atoms with van der Waals surface area (Å²) in [6, 6.07) is 0.594. The Hall–Kier alpha value is -1.32. The van der Waals surface area contributed by atoms with Crippen LogP contribution >= 0.6 is 0 Å².